The molecule has 7 nitrogen and oxygen atoms in total. The number of anilines is 1. The van der Waals surface area contributed by atoms with Crippen LogP contribution in [0.5, 0.6) is 11.5 Å². The molecule has 1 saturated carbocycles. The molecule has 0 saturated heterocycles. The van der Waals surface area contributed by atoms with Crippen LogP contribution in [0.1, 0.15) is 43.2 Å². The summed E-state index contributed by atoms with van der Waals surface area (Å²) in [7, 11) is 0. The molecule has 5 rings (SSSR count). The molecule has 2 aliphatic rings. The molecule has 0 radical (unpaired) electrons. The fourth-order valence-corrected chi connectivity index (χ4v) is 4.39. The minimum absolute atomic E-state index is 0.125. The van der Waals surface area contributed by atoms with Gasteiger partial charge in [-0.05, 0) is 49.2 Å². The van der Waals surface area contributed by atoms with Crippen LogP contribution in [0.4, 0.5) is 23.7 Å². The van der Waals surface area contributed by atoms with Crippen molar-refractivity contribution in [3.05, 3.63) is 90.0 Å². The molecule has 1 spiro atoms. The summed E-state index contributed by atoms with van der Waals surface area (Å²) in [5, 5.41) is 8.10. The van der Waals surface area contributed by atoms with Crippen molar-refractivity contribution >= 4 is 17.6 Å². The summed E-state index contributed by atoms with van der Waals surface area (Å²) in [6, 6.07) is 20.5. The lowest BCUT2D eigenvalue weighted by molar-refractivity contribution is -0.224. The number of ether oxygens (including phenoxy) is 1. The first-order valence-electron chi connectivity index (χ1n) is 11.9. The van der Waals surface area contributed by atoms with Crippen LogP contribution in [0.25, 0.3) is 0 Å². The maximum absolute atomic E-state index is 13.1. The Bertz CT molecular complexity index is 1270. The molecule has 1 heterocycles. The number of oxime groups is 1. The Balaban J connectivity index is 1.37. The maximum Gasteiger partial charge on any atom is 0.436 e. The number of hydrogen-bond donors (Lipinski definition) is 1. The number of carbonyl (C=O) groups is 1. The third kappa shape index (κ3) is 5.32. The number of amidine groups is 1. The van der Waals surface area contributed by atoms with Crippen molar-refractivity contribution in [3.8, 4) is 11.5 Å². The lowest BCUT2D eigenvalue weighted by Gasteiger charge is -2.37. The van der Waals surface area contributed by atoms with Crippen molar-refractivity contribution in [2.24, 2.45) is 5.16 Å². The molecule has 192 valence electrons. The fourth-order valence-electron chi connectivity index (χ4n) is 4.39. The number of nitrogens with zero attached hydrogens (tertiary/aromatic N) is 2. The number of halogens is 3. The first kappa shape index (κ1) is 24.5. The normalized spacial score (nSPS) is 16.6. The monoisotopic (exact) mass is 511 g/mol. The number of benzene rings is 3. The van der Waals surface area contributed by atoms with Gasteiger partial charge in [0.05, 0.1) is 11.3 Å². The van der Waals surface area contributed by atoms with E-state index in [0.29, 0.717) is 35.6 Å². The number of amides is 1. The Morgan fingerprint density at radius 2 is 1.59 bits per heavy atom. The fraction of sp³-hybridized carbons (Fsp3) is 0.259. The van der Waals surface area contributed by atoms with Gasteiger partial charge in [0.2, 0.25) is 11.6 Å². The lowest BCUT2D eigenvalue weighted by atomic mass is 9.91. The highest BCUT2D eigenvalue weighted by atomic mass is 19.4. The SMILES string of the molecule is O=C(Nc1ccccc1Oc1ccccc1)ON1C(c2ccc(C(F)(F)F)cc2)=NOC12CCCCC2. The third-order valence-corrected chi connectivity index (χ3v) is 6.24. The molecule has 37 heavy (non-hydrogen) atoms. The molecule has 3 aromatic carbocycles. The molecular formula is C27H24F3N3O4. The number of nitrogens with one attached hydrogen (secondary N) is 1. The van der Waals surface area contributed by atoms with Crippen LogP contribution >= 0.6 is 0 Å². The zero-order valence-corrected chi connectivity index (χ0v) is 19.7. The van der Waals surface area contributed by atoms with Crippen molar-refractivity contribution < 1.29 is 32.4 Å². The summed E-state index contributed by atoms with van der Waals surface area (Å²) < 4.78 is 45.1. The summed E-state index contributed by atoms with van der Waals surface area (Å²) in [5.74, 6) is 1.13. The quantitative estimate of drug-likeness (QED) is 0.389. The Morgan fingerprint density at radius 1 is 0.919 bits per heavy atom. The number of para-hydroxylation sites is 3. The molecular weight excluding hydrogens is 487 g/mol. The molecule has 0 unspecified atom stereocenters. The highest BCUT2D eigenvalue weighted by molar-refractivity contribution is 6.00. The first-order chi connectivity index (χ1) is 17.8. The van der Waals surface area contributed by atoms with Crippen LogP contribution in [0.15, 0.2) is 84.0 Å². The Hall–Kier alpha value is -4.21. The average Bonchev–Trinajstić information content (AvgIpc) is 3.22. The van der Waals surface area contributed by atoms with Gasteiger partial charge in [-0.15, -0.1) is 5.06 Å². The van der Waals surface area contributed by atoms with Gasteiger partial charge in [0.1, 0.15) is 5.75 Å². The van der Waals surface area contributed by atoms with Gasteiger partial charge in [-0.2, -0.15) is 13.2 Å². The van der Waals surface area contributed by atoms with Gasteiger partial charge in [-0.3, -0.25) is 5.32 Å². The van der Waals surface area contributed by atoms with Crippen molar-refractivity contribution in [1.29, 1.82) is 0 Å². The Morgan fingerprint density at radius 3 is 2.30 bits per heavy atom. The Kier molecular flexibility index (Phi) is 6.64. The van der Waals surface area contributed by atoms with Crippen LogP contribution in [0.2, 0.25) is 0 Å². The second-order valence-electron chi connectivity index (χ2n) is 8.80. The van der Waals surface area contributed by atoms with E-state index >= 15 is 0 Å². The van der Waals surface area contributed by atoms with E-state index in [1.807, 2.05) is 18.2 Å². The third-order valence-electron chi connectivity index (χ3n) is 6.24. The Labute approximate surface area is 211 Å². The molecule has 1 N–H and O–H groups in total. The topological polar surface area (TPSA) is 72.4 Å². The number of alkyl halides is 3. The smallest absolute Gasteiger partial charge is 0.436 e. The molecule has 0 atom stereocenters. The zero-order chi connectivity index (χ0) is 25.9. The minimum atomic E-state index is -4.47. The summed E-state index contributed by atoms with van der Waals surface area (Å²) in [6.45, 7) is 0. The number of rotatable bonds is 5. The van der Waals surface area contributed by atoms with Crippen LogP contribution in [-0.2, 0) is 15.9 Å². The van der Waals surface area contributed by atoms with Crippen LogP contribution in [0.3, 0.4) is 0 Å². The first-order valence-corrected chi connectivity index (χ1v) is 11.9. The second-order valence-corrected chi connectivity index (χ2v) is 8.80. The van der Waals surface area contributed by atoms with E-state index in [0.717, 1.165) is 31.4 Å². The van der Waals surface area contributed by atoms with E-state index in [1.165, 1.54) is 17.2 Å². The van der Waals surface area contributed by atoms with Gasteiger partial charge in [-0.25, -0.2) is 4.79 Å². The van der Waals surface area contributed by atoms with Gasteiger partial charge in [-0.1, -0.05) is 54.0 Å². The molecule has 0 aromatic heterocycles. The summed E-state index contributed by atoms with van der Waals surface area (Å²) in [6.07, 6.45) is -1.56. The molecule has 1 amide bonds. The number of carbonyl (C=O) groups excluding carboxylic acids is 1. The van der Waals surface area contributed by atoms with Gasteiger partial charge in [0, 0.05) is 18.4 Å². The van der Waals surface area contributed by atoms with E-state index < -0.39 is 23.6 Å². The van der Waals surface area contributed by atoms with Crippen molar-refractivity contribution in [2.75, 3.05) is 5.32 Å². The highest BCUT2D eigenvalue weighted by Gasteiger charge is 2.50. The van der Waals surface area contributed by atoms with Crippen LogP contribution < -0.4 is 10.1 Å². The predicted molar refractivity (Wildman–Crippen MR) is 130 cm³/mol. The van der Waals surface area contributed by atoms with Crippen LogP contribution in [-0.4, -0.2) is 22.7 Å². The van der Waals surface area contributed by atoms with E-state index in [-0.39, 0.29) is 5.84 Å². The standard InChI is InChI=1S/C27H24F3N3O4/c28-27(29,30)20-15-13-19(14-16-20)24-32-37-26(17-7-2-8-18-26)33(24)36-25(34)31-22-11-5-6-12-23(22)35-21-9-3-1-4-10-21/h1,3-6,9-16H,2,7-8,17-18H2,(H,31,34). The lowest BCUT2D eigenvalue weighted by Crippen LogP contribution is -2.51. The van der Waals surface area contributed by atoms with Crippen LogP contribution in [0, 0.1) is 0 Å². The molecule has 1 aliphatic heterocycles. The maximum atomic E-state index is 13.1. The van der Waals surface area contributed by atoms with Crippen molar-refractivity contribution in [2.45, 2.75) is 44.0 Å². The molecule has 3 aromatic rings. The largest absolute Gasteiger partial charge is 0.455 e. The van der Waals surface area contributed by atoms with E-state index in [9.17, 15) is 18.0 Å². The van der Waals surface area contributed by atoms with E-state index in [4.69, 9.17) is 14.4 Å². The highest BCUT2D eigenvalue weighted by Crippen LogP contribution is 2.41. The summed E-state index contributed by atoms with van der Waals surface area (Å²) in [5.41, 5.74) is -1.10. The van der Waals surface area contributed by atoms with E-state index in [1.54, 1.807) is 36.4 Å². The number of hydroxylamine groups is 2. The summed E-state index contributed by atoms with van der Waals surface area (Å²) >= 11 is 0. The van der Waals surface area contributed by atoms with Gasteiger partial charge >= 0.3 is 12.3 Å². The number of hydrogen-bond acceptors (Lipinski definition) is 6. The van der Waals surface area contributed by atoms with Crippen molar-refractivity contribution in [3.63, 3.8) is 0 Å². The molecule has 10 heteroatoms. The van der Waals surface area contributed by atoms with Crippen molar-refractivity contribution in [1.82, 2.24) is 5.06 Å². The average molecular weight is 512 g/mol. The minimum Gasteiger partial charge on any atom is -0.455 e. The molecule has 0 bridgehead atoms. The molecule has 1 aliphatic carbocycles. The second kappa shape index (κ2) is 10.0. The van der Waals surface area contributed by atoms with Gasteiger partial charge in [0.25, 0.3) is 0 Å². The molecule has 1 fully saturated rings. The zero-order valence-electron chi connectivity index (χ0n) is 19.7. The van der Waals surface area contributed by atoms with Gasteiger partial charge in [0.15, 0.2) is 5.75 Å². The van der Waals surface area contributed by atoms with E-state index in [2.05, 4.69) is 10.5 Å². The summed E-state index contributed by atoms with van der Waals surface area (Å²) in [4.78, 5) is 24.6. The predicted octanol–water partition coefficient (Wildman–Crippen LogP) is 7.32. The van der Waals surface area contributed by atoms with Gasteiger partial charge < -0.3 is 14.4 Å².